The zero-order valence-corrected chi connectivity index (χ0v) is 19.2. The molecule has 2 aliphatic rings. The Bertz CT molecular complexity index is 1200. The lowest BCUT2D eigenvalue weighted by molar-refractivity contribution is -0.272. The zero-order valence-electron chi connectivity index (χ0n) is 19.2. The van der Waals surface area contributed by atoms with Gasteiger partial charge in [0.25, 0.3) is 0 Å². The highest BCUT2D eigenvalue weighted by atomic mass is 16.7. The van der Waals surface area contributed by atoms with Gasteiger partial charge in [-0.1, -0.05) is 75.4 Å². The Hall–Kier alpha value is -3.66. The SMILES string of the molecule is CC(C)(C)c1ccc(C2OC3(C)OC(=N)C(C#N)(C3Cc3ccccc3)C2(C#N)C#N)cc1. The molecule has 2 aliphatic heterocycles. The summed E-state index contributed by atoms with van der Waals surface area (Å²) in [5.41, 5.74) is -1.21. The number of rotatable bonds is 3. The second-order valence-corrected chi connectivity index (χ2v) is 10.0. The quantitative estimate of drug-likeness (QED) is 0.709. The van der Waals surface area contributed by atoms with E-state index in [1.165, 1.54) is 0 Å². The van der Waals surface area contributed by atoms with Crippen molar-refractivity contribution in [3.05, 3.63) is 71.3 Å². The number of benzene rings is 2. The first-order chi connectivity index (χ1) is 15.6. The highest BCUT2D eigenvalue weighted by Crippen LogP contribution is 2.66. The molecular weight excluding hydrogens is 412 g/mol. The predicted octanol–water partition coefficient (Wildman–Crippen LogP) is 5.18. The van der Waals surface area contributed by atoms with E-state index in [9.17, 15) is 15.8 Å². The average molecular weight is 439 g/mol. The number of fused-ring (bicyclic) bond motifs is 2. The maximum Gasteiger partial charge on any atom is 0.215 e. The second kappa shape index (κ2) is 7.45. The fraction of sp³-hybridized carbons (Fsp3) is 0.407. The second-order valence-electron chi connectivity index (χ2n) is 10.0. The van der Waals surface area contributed by atoms with Crippen molar-refractivity contribution in [3.63, 3.8) is 0 Å². The summed E-state index contributed by atoms with van der Waals surface area (Å²) >= 11 is 0. The van der Waals surface area contributed by atoms with Gasteiger partial charge < -0.3 is 9.47 Å². The molecule has 4 rings (SSSR count). The van der Waals surface area contributed by atoms with Crippen LogP contribution < -0.4 is 0 Å². The lowest BCUT2D eigenvalue weighted by Crippen LogP contribution is -2.59. The summed E-state index contributed by atoms with van der Waals surface area (Å²) in [4.78, 5) is 0. The number of nitrogens with one attached hydrogen (secondary N) is 1. The maximum atomic E-state index is 10.5. The predicted molar refractivity (Wildman–Crippen MR) is 122 cm³/mol. The van der Waals surface area contributed by atoms with Crippen LogP contribution in [0.5, 0.6) is 0 Å². The molecule has 0 amide bonds. The minimum absolute atomic E-state index is 0.0710. The van der Waals surface area contributed by atoms with Crippen molar-refractivity contribution in [2.24, 2.45) is 16.7 Å². The maximum absolute atomic E-state index is 10.5. The Kier molecular flexibility index (Phi) is 5.08. The molecule has 0 spiro atoms. The molecule has 4 unspecified atom stereocenters. The molecule has 166 valence electrons. The molecule has 2 bridgehead atoms. The van der Waals surface area contributed by atoms with Gasteiger partial charge in [0.1, 0.15) is 6.10 Å². The summed E-state index contributed by atoms with van der Waals surface area (Å²) in [6, 6.07) is 23.5. The van der Waals surface area contributed by atoms with Gasteiger partial charge in [-0.25, -0.2) is 0 Å². The Labute approximate surface area is 194 Å². The molecule has 2 aromatic carbocycles. The van der Waals surface area contributed by atoms with Gasteiger partial charge in [0.2, 0.25) is 17.1 Å². The molecule has 1 N–H and O–H groups in total. The fourth-order valence-electron chi connectivity index (χ4n) is 5.19. The first-order valence-corrected chi connectivity index (χ1v) is 10.9. The third kappa shape index (κ3) is 3.05. The minimum Gasteiger partial charge on any atom is -0.448 e. The van der Waals surface area contributed by atoms with Crippen LogP contribution in [0.15, 0.2) is 54.6 Å². The largest absolute Gasteiger partial charge is 0.448 e. The number of nitriles is 3. The normalized spacial score (nSPS) is 29.9. The molecule has 4 atom stereocenters. The van der Waals surface area contributed by atoms with Crippen molar-refractivity contribution in [2.45, 2.75) is 51.4 Å². The van der Waals surface area contributed by atoms with Gasteiger partial charge in [-0.3, -0.25) is 5.41 Å². The van der Waals surface area contributed by atoms with Crippen molar-refractivity contribution < 1.29 is 9.47 Å². The van der Waals surface area contributed by atoms with Crippen LogP contribution in [0.1, 0.15) is 50.5 Å². The molecule has 2 saturated heterocycles. The van der Waals surface area contributed by atoms with Crippen molar-refractivity contribution in [1.29, 1.82) is 21.2 Å². The van der Waals surface area contributed by atoms with Crippen LogP contribution in [-0.2, 0) is 21.3 Å². The van der Waals surface area contributed by atoms with Gasteiger partial charge in [0, 0.05) is 6.92 Å². The molecule has 6 nitrogen and oxygen atoms in total. The third-order valence-corrected chi connectivity index (χ3v) is 7.08. The molecule has 0 saturated carbocycles. The molecule has 33 heavy (non-hydrogen) atoms. The summed E-state index contributed by atoms with van der Waals surface area (Å²) in [7, 11) is 0. The van der Waals surface area contributed by atoms with Crippen LogP contribution in [0.2, 0.25) is 0 Å². The highest BCUT2D eigenvalue weighted by molar-refractivity contribution is 5.89. The van der Waals surface area contributed by atoms with Crippen molar-refractivity contribution in [2.75, 3.05) is 0 Å². The van der Waals surface area contributed by atoms with Crippen molar-refractivity contribution >= 4 is 5.90 Å². The standard InChI is InChI=1S/C27H26N4O2/c1-24(2,3)20-12-10-19(11-13-20)22-26(15-28,16-29)27(17-30)21(14-18-8-6-5-7-9-18)25(4,32-22)33-23(27)31/h5-13,21-22,31H,14H2,1-4H3. The molecular formula is C27H26N4O2. The van der Waals surface area contributed by atoms with E-state index in [0.29, 0.717) is 12.0 Å². The van der Waals surface area contributed by atoms with Crippen LogP contribution in [0.4, 0.5) is 0 Å². The fourth-order valence-corrected chi connectivity index (χ4v) is 5.19. The van der Waals surface area contributed by atoms with E-state index >= 15 is 0 Å². The molecule has 0 aliphatic carbocycles. The molecule has 0 aromatic heterocycles. The van der Waals surface area contributed by atoms with E-state index in [2.05, 4.69) is 39.0 Å². The van der Waals surface area contributed by atoms with E-state index in [1.54, 1.807) is 6.92 Å². The van der Waals surface area contributed by atoms with Crippen LogP contribution in [-0.4, -0.2) is 11.7 Å². The smallest absolute Gasteiger partial charge is 0.215 e. The van der Waals surface area contributed by atoms with E-state index in [1.807, 2.05) is 54.6 Å². The van der Waals surface area contributed by atoms with E-state index in [-0.39, 0.29) is 11.3 Å². The molecule has 2 aromatic rings. The monoisotopic (exact) mass is 438 g/mol. The Morgan fingerprint density at radius 1 is 0.939 bits per heavy atom. The molecule has 6 heteroatoms. The van der Waals surface area contributed by atoms with Crippen LogP contribution >= 0.6 is 0 Å². The Morgan fingerprint density at radius 3 is 2.06 bits per heavy atom. The van der Waals surface area contributed by atoms with Gasteiger partial charge in [0.15, 0.2) is 5.41 Å². The molecule has 0 radical (unpaired) electrons. The van der Waals surface area contributed by atoms with Gasteiger partial charge in [-0.05, 0) is 28.5 Å². The van der Waals surface area contributed by atoms with E-state index in [0.717, 1.165) is 11.1 Å². The van der Waals surface area contributed by atoms with Gasteiger partial charge >= 0.3 is 0 Å². The Morgan fingerprint density at radius 2 is 1.55 bits per heavy atom. The lowest BCUT2D eigenvalue weighted by atomic mass is 9.52. The minimum atomic E-state index is -1.96. The summed E-state index contributed by atoms with van der Waals surface area (Å²) in [6.45, 7) is 8.00. The summed E-state index contributed by atoms with van der Waals surface area (Å²) < 4.78 is 12.3. The summed E-state index contributed by atoms with van der Waals surface area (Å²) in [5.74, 6) is -2.44. The first-order valence-electron chi connectivity index (χ1n) is 10.9. The number of hydrogen-bond acceptors (Lipinski definition) is 6. The summed E-state index contributed by atoms with van der Waals surface area (Å²) in [5, 5.41) is 39.9. The van der Waals surface area contributed by atoms with Gasteiger partial charge in [-0.2, -0.15) is 15.8 Å². The lowest BCUT2D eigenvalue weighted by Gasteiger charge is -2.49. The number of ether oxygens (including phenoxy) is 2. The Balaban J connectivity index is 1.89. The average Bonchev–Trinajstić information content (AvgIpc) is 2.96. The van der Waals surface area contributed by atoms with Crippen LogP contribution in [0.3, 0.4) is 0 Å². The van der Waals surface area contributed by atoms with E-state index < -0.39 is 28.6 Å². The highest BCUT2D eigenvalue weighted by Gasteiger charge is 2.79. The molecule has 2 heterocycles. The van der Waals surface area contributed by atoms with Crippen LogP contribution in [0.25, 0.3) is 0 Å². The van der Waals surface area contributed by atoms with E-state index in [4.69, 9.17) is 14.9 Å². The van der Waals surface area contributed by atoms with Gasteiger partial charge in [-0.15, -0.1) is 0 Å². The topological polar surface area (TPSA) is 114 Å². The van der Waals surface area contributed by atoms with Crippen LogP contribution in [0, 0.1) is 56.2 Å². The summed E-state index contributed by atoms with van der Waals surface area (Å²) in [6.07, 6.45) is -0.727. The molecule has 2 fully saturated rings. The zero-order chi connectivity index (χ0) is 24.1. The number of nitrogens with zero attached hydrogens (tertiary/aromatic N) is 3. The number of hydrogen-bond donors (Lipinski definition) is 1. The first kappa shape index (κ1) is 22.5. The third-order valence-electron chi connectivity index (χ3n) is 7.08. The van der Waals surface area contributed by atoms with Crippen molar-refractivity contribution in [1.82, 2.24) is 0 Å². The van der Waals surface area contributed by atoms with Gasteiger partial charge in [0.05, 0.1) is 24.1 Å². The van der Waals surface area contributed by atoms with Crippen molar-refractivity contribution in [3.8, 4) is 18.2 Å².